The Morgan fingerprint density at radius 1 is 1.23 bits per heavy atom. The zero-order valence-electron chi connectivity index (χ0n) is 19.9. The zero-order chi connectivity index (χ0) is 24.5. The van der Waals surface area contributed by atoms with Crippen LogP contribution in [0, 0.1) is 5.92 Å². The fourth-order valence-corrected chi connectivity index (χ4v) is 5.23. The van der Waals surface area contributed by atoms with E-state index in [-0.39, 0.29) is 17.9 Å². The van der Waals surface area contributed by atoms with Gasteiger partial charge in [0.2, 0.25) is 5.91 Å². The van der Waals surface area contributed by atoms with Crippen molar-refractivity contribution in [3.63, 3.8) is 0 Å². The van der Waals surface area contributed by atoms with Crippen LogP contribution in [-0.2, 0) is 9.53 Å². The predicted molar refractivity (Wildman–Crippen MR) is 134 cm³/mol. The molecule has 1 saturated heterocycles. The third-order valence-electron chi connectivity index (χ3n) is 6.42. The number of ether oxygens (including phenoxy) is 1. The number of aromatic amines is 1. The number of hydrogen-bond acceptors (Lipinski definition) is 6. The maximum absolute atomic E-state index is 13.3. The number of likely N-dealkylation sites (tertiary alicyclic amines) is 1. The molecule has 2 N–H and O–H groups in total. The van der Waals surface area contributed by atoms with Crippen molar-refractivity contribution < 1.29 is 14.3 Å². The molecule has 0 radical (unpaired) electrons. The highest BCUT2D eigenvalue weighted by Gasteiger charge is 2.37. The molecule has 0 aliphatic carbocycles. The summed E-state index contributed by atoms with van der Waals surface area (Å²) in [6.45, 7) is 4.44. The van der Waals surface area contributed by atoms with Gasteiger partial charge in [-0.3, -0.25) is 9.20 Å². The molecule has 4 heterocycles. The van der Waals surface area contributed by atoms with Crippen molar-refractivity contribution in [2.24, 2.45) is 5.92 Å². The maximum Gasteiger partial charge on any atom is 0.407 e. The van der Waals surface area contributed by atoms with Gasteiger partial charge in [0, 0.05) is 29.9 Å². The normalized spacial score (nSPS) is 16.7. The van der Waals surface area contributed by atoms with Crippen LogP contribution >= 0.6 is 11.3 Å². The number of hydrogen-bond donors (Lipinski definition) is 2. The van der Waals surface area contributed by atoms with Gasteiger partial charge in [-0.2, -0.15) is 0 Å². The summed E-state index contributed by atoms with van der Waals surface area (Å²) in [5, 5.41) is 4.70. The van der Waals surface area contributed by atoms with Crippen LogP contribution in [0.25, 0.3) is 27.5 Å². The first-order valence-electron chi connectivity index (χ1n) is 11.7. The molecule has 3 aromatic heterocycles. The largest absolute Gasteiger partial charge is 0.453 e. The van der Waals surface area contributed by atoms with Crippen LogP contribution in [0.2, 0.25) is 0 Å². The summed E-state index contributed by atoms with van der Waals surface area (Å²) in [5.41, 5.74) is 3.89. The number of rotatable bonds is 6. The minimum absolute atomic E-state index is 0.0698. The number of H-pyrrole nitrogens is 1. The number of alkyl carbamates (subject to hydrolysis) is 1. The van der Waals surface area contributed by atoms with E-state index in [0.717, 1.165) is 46.1 Å². The van der Waals surface area contributed by atoms with Crippen molar-refractivity contribution in [2.45, 2.75) is 38.8 Å². The van der Waals surface area contributed by atoms with E-state index in [0.29, 0.717) is 6.54 Å². The molecule has 1 aliphatic rings. The number of nitrogens with one attached hydrogen (secondary N) is 2. The molecule has 9 nitrogen and oxygen atoms in total. The SMILES string of the molecule is COC(=O)N[C@H](C(=O)N1CCC[C@H]1c1ncc(-c2ccc(-c3cn4ccsc4n3)cc2)[nH]1)C(C)C. The van der Waals surface area contributed by atoms with Crippen molar-refractivity contribution in [3.05, 3.63) is 54.1 Å². The van der Waals surface area contributed by atoms with Gasteiger partial charge in [0.15, 0.2) is 4.96 Å². The number of benzene rings is 1. The highest BCUT2D eigenvalue weighted by molar-refractivity contribution is 7.15. The van der Waals surface area contributed by atoms with E-state index in [1.807, 2.05) is 59.3 Å². The van der Waals surface area contributed by atoms with Crippen LogP contribution in [0.15, 0.2) is 48.2 Å². The molecule has 4 aromatic rings. The Balaban J connectivity index is 1.33. The summed E-state index contributed by atoms with van der Waals surface area (Å²) < 4.78 is 6.73. The van der Waals surface area contributed by atoms with E-state index in [1.54, 1.807) is 11.3 Å². The van der Waals surface area contributed by atoms with Crippen molar-refractivity contribution in [1.29, 1.82) is 0 Å². The minimum atomic E-state index is -0.650. The van der Waals surface area contributed by atoms with Gasteiger partial charge in [-0.25, -0.2) is 14.8 Å². The summed E-state index contributed by atoms with van der Waals surface area (Å²) in [6, 6.07) is 7.40. The number of fused-ring (bicyclic) bond motifs is 1. The monoisotopic (exact) mass is 492 g/mol. The molecule has 1 fully saturated rings. The molecule has 0 saturated carbocycles. The summed E-state index contributed by atoms with van der Waals surface area (Å²) in [5.74, 6) is 0.569. The number of imidazole rings is 2. The smallest absolute Gasteiger partial charge is 0.407 e. The zero-order valence-corrected chi connectivity index (χ0v) is 20.7. The first kappa shape index (κ1) is 23.1. The summed E-state index contributed by atoms with van der Waals surface area (Å²) >= 11 is 1.61. The molecular weight excluding hydrogens is 464 g/mol. The molecule has 1 aliphatic heterocycles. The molecule has 0 unspecified atom stereocenters. The second kappa shape index (κ2) is 9.53. The van der Waals surface area contributed by atoms with E-state index >= 15 is 0 Å². The molecule has 0 spiro atoms. The van der Waals surface area contributed by atoms with Crippen molar-refractivity contribution >= 4 is 28.3 Å². The summed E-state index contributed by atoms with van der Waals surface area (Å²) in [4.78, 5) is 40.6. The van der Waals surface area contributed by atoms with Crippen LogP contribution in [-0.4, -0.2) is 55.9 Å². The van der Waals surface area contributed by atoms with Crippen molar-refractivity contribution in [1.82, 2.24) is 29.6 Å². The molecule has 2 amide bonds. The van der Waals surface area contributed by atoms with E-state index in [4.69, 9.17) is 4.74 Å². The van der Waals surface area contributed by atoms with Crippen LogP contribution in [0.3, 0.4) is 0 Å². The lowest BCUT2D eigenvalue weighted by Gasteiger charge is -2.30. The third-order valence-corrected chi connectivity index (χ3v) is 7.19. The number of carbonyl (C=O) groups is 2. The fourth-order valence-electron chi connectivity index (χ4n) is 4.53. The lowest BCUT2D eigenvalue weighted by molar-refractivity contribution is -0.135. The Kier molecular flexibility index (Phi) is 6.29. The quantitative estimate of drug-likeness (QED) is 0.412. The molecule has 2 atom stereocenters. The average Bonchev–Trinajstić information content (AvgIpc) is 3.64. The van der Waals surface area contributed by atoms with Crippen LogP contribution in [0.1, 0.15) is 38.6 Å². The van der Waals surface area contributed by atoms with Gasteiger partial charge in [-0.1, -0.05) is 38.1 Å². The second-order valence-electron chi connectivity index (χ2n) is 9.03. The highest BCUT2D eigenvalue weighted by Crippen LogP contribution is 2.33. The fraction of sp³-hybridized carbons (Fsp3) is 0.360. The summed E-state index contributed by atoms with van der Waals surface area (Å²) in [7, 11) is 1.30. The first-order valence-corrected chi connectivity index (χ1v) is 12.6. The van der Waals surface area contributed by atoms with Crippen molar-refractivity contribution in [3.8, 4) is 22.5 Å². The van der Waals surface area contributed by atoms with E-state index < -0.39 is 12.1 Å². The molecular formula is C25H28N6O3S. The van der Waals surface area contributed by atoms with Gasteiger partial charge in [0.1, 0.15) is 11.9 Å². The molecule has 35 heavy (non-hydrogen) atoms. The Bertz CT molecular complexity index is 1310. The number of amides is 2. The Morgan fingerprint density at radius 2 is 2.00 bits per heavy atom. The van der Waals surface area contributed by atoms with Gasteiger partial charge in [-0.05, 0) is 24.3 Å². The molecule has 0 bridgehead atoms. The Morgan fingerprint density at radius 3 is 2.71 bits per heavy atom. The molecule has 182 valence electrons. The lowest BCUT2D eigenvalue weighted by atomic mass is 10.0. The number of nitrogens with zero attached hydrogens (tertiary/aromatic N) is 4. The Labute approximate surface area is 207 Å². The van der Waals surface area contributed by atoms with Gasteiger partial charge in [0.25, 0.3) is 0 Å². The van der Waals surface area contributed by atoms with Crippen LogP contribution in [0.5, 0.6) is 0 Å². The Hall–Kier alpha value is -3.66. The number of aromatic nitrogens is 4. The molecule has 10 heteroatoms. The van der Waals surface area contributed by atoms with Crippen LogP contribution in [0.4, 0.5) is 4.79 Å². The minimum Gasteiger partial charge on any atom is -0.453 e. The van der Waals surface area contributed by atoms with E-state index in [1.165, 1.54) is 7.11 Å². The van der Waals surface area contributed by atoms with Crippen molar-refractivity contribution in [2.75, 3.05) is 13.7 Å². The maximum atomic E-state index is 13.3. The number of carbonyl (C=O) groups excluding carboxylic acids is 2. The van der Waals surface area contributed by atoms with Crippen LogP contribution < -0.4 is 5.32 Å². The lowest BCUT2D eigenvalue weighted by Crippen LogP contribution is -2.51. The topological polar surface area (TPSA) is 105 Å². The van der Waals surface area contributed by atoms with Gasteiger partial charge >= 0.3 is 6.09 Å². The molecule has 1 aromatic carbocycles. The average molecular weight is 493 g/mol. The summed E-state index contributed by atoms with van der Waals surface area (Å²) in [6.07, 6.45) is 6.94. The second-order valence-corrected chi connectivity index (χ2v) is 9.90. The van der Waals surface area contributed by atoms with Gasteiger partial charge in [0.05, 0.1) is 30.7 Å². The standard InChI is InChI=1S/C25H28N6O3S/c1-15(2)21(29-25(33)34-3)23(32)31-10-4-5-20(31)22-26-13-18(27-22)16-6-8-17(9-7-16)19-14-30-11-12-35-24(30)28-19/h6-9,11-15,20-21H,4-5,10H2,1-3H3,(H,26,27)(H,29,33)/t20-,21-/m0/s1. The van der Waals surface area contributed by atoms with E-state index in [9.17, 15) is 9.59 Å². The van der Waals surface area contributed by atoms with E-state index in [2.05, 4.69) is 32.4 Å². The predicted octanol–water partition coefficient (Wildman–Crippen LogP) is 4.50. The van der Waals surface area contributed by atoms with Gasteiger partial charge in [-0.15, -0.1) is 11.3 Å². The highest BCUT2D eigenvalue weighted by atomic mass is 32.1. The van der Waals surface area contributed by atoms with Gasteiger partial charge < -0.3 is 19.9 Å². The first-order chi connectivity index (χ1) is 16.9. The third kappa shape index (κ3) is 4.53. The number of thiazole rings is 1. The molecule has 5 rings (SSSR count). The number of methoxy groups -OCH3 is 1.